The first-order chi connectivity index (χ1) is 9.04. The van der Waals surface area contributed by atoms with Crippen LogP contribution in [0, 0.1) is 4.77 Å². The minimum absolute atomic E-state index is 0.578. The highest BCUT2D eigenvalue weighted by Gasteiger charge is 2.08. The first-order valence-corrected chi connectivity index (χ1v) is 7.37. The van der Waals surface area contributed by atoms with Gasteiger partial charge in [-0.3, -0.25) is 4.57 Å². The molecule has 2 nitrogen and oxygen atoms in total. The SMILES string of the molecule is S=c1[nH]c2ccc(Br)cc2n1-c1cc(Cl)cc(Cl)c1. The van der Waals surface area contributed by atoms with Crippen LogP contribution in [0.4, 0.5) is 0 Å². The smallest absolute Gasteiger partial charge is 0.182 e. The second-order valence-electron chi connectivity index (χ2n) is 4.05. The van der Waals surface area contributed by atoms with Gasteiger partial charge in [-0.05, 0) is 48.6 Å². The summed E-state index contributed by atoms with van der Waals surface area (Å²) in [5, 5.41) is 1.16. The Morgan fingerprint density at radius 1 is 1.05 bits per heavy atom. The number of halogens is 3. The number of fused-ring (bicyclic) bond motifs is 1. The number of benzene rings is 2. The molecule has 0 aliphatic rings. The summed E-state index contributed by atoms with van der Waals surface area (Å²) in [6.45, 7) is 0. The Balaban J connectivity index is 2.38. The van der Waals surface area contributed by atoms with Gasteiger partial charge in [-0.1, -0.05) is 39.1 Å². The molecule has 2 aromatic carbocycles. The molecule has 1 aromatic heterocycles. The van der Waals surface area contributed by atoms with Gasteiger partial charge in [0.05, 0.1) is 16.7 Å². The molecule has 0 atom stereocenters. The maximum Gasteiger partial charge on any atom is 0.182 e. The van der Waals surface area contributed by atoms with E-state index in [0.29, 0.717) is 14.8 Å². The summed E-state index contributed by atoms with van der Waals surface area (Å²) in [7, 11) is 0. The highest BCUT2D eigenvalue weighted by atomic mass is 79.9. The second kappa shape index (κ2) is 4.94. The molecule has 0 aliphatic heterocycles. The van der Waals surface area contributed by atoms with Crippen LogP contribution in [0.15, 0.2) is 40.9 Å². The third-order valence-electron chi connectivity index (χ3n) is 2.75. The highest BCUT2D eigenvalue weighted by Crippen LogP contribution is 2.27. The van der Waals surface area contributed by atoms with Gasteiger partial charge in [-0.25, -0.2) is 0 Å². The molecule has 96 valence electrons. The maximum atomic E-state index is 6.05. The van der Waals surface area contributed by atoms with Crippen LogP contribution in [0.1, 0.15) is 0 Å². The van der Waals surface area contributed by atoms with Crippen molar-refractivity contribution >= 4 is 62.4 Å². The van der Waals surface area contributed by atoms with Crippen LogP contribution in [-0.4, -0.2) is 9.55 Å². The minimum atomic E-state index is 0.578. The predicted molar refractivity (Wildman–Crippen MR) is 86.2 cm³/mol. The number of aromatic nitrogens is 2. The molecule has 1 heterocycles. The second-order valence-corrected chi connectivity index (χ2v) is 6.23. The molecule has 3 aromatic rings. The van der Waals surface area contributed by atoms with Crippen molar-refractivity contribution in [1.82, 2.24) is 9.55 Å². The molecule has 6 heteroatoms. The van der Waals surface area contributed by atoms with Crippen LogP contribution in [0.2, 0.25) is 10.0 Å². The standard InChI is InChI=1S/C13H7BrCl2N2S/c14-7-1-2-11-12(3-7)18(13(19)17-11)10-5-8(15)4-9(16)6-10/h1-6H,(H,17,19). The van der Waals surface area contributed by atoms with E-state index >= 15 is 0 Å². The zero-order chi connectivity index (χ0) is 13.6. The predicted octanol–water partition coefficient (Wildman–Crippen LogP) is 5.76. The zero-order valence-corrected chi connectivity index (χ0v) is 13.4. The van der Waals surface area contributed by atoms with Gasteiger partial charge in [0.1, 0.15) is 0 Å². The number of H-pyrrole nitrogens is 1. The lowest BCUT2D eigenvalue weighted by Gasteiger charge is -2.06. The average molecular weight is 374 g/mol. The fourth-order valence-corrected chi connectivity index (χ4v) is 3.18. The van der Waals surface area contributed by atoms with Crippen molar-refractivity contribution < 1.29 is 0 Å². The third kappa shape index (κ3) is 2.46. The molecule has 0 saturated heterocycles. The van der Waals surface area contributed by atoms with Crippen LogP contribution in [-0.2, 0) is 0 Å². The van der Waals surface area contributed by atoms with E-state index in [0.717, 1.165) is 21.2 Å². The van der Waals surface area contributed by atoms with Gasteiger partial charge >= 0.3 is 0 Å². The Labute approximate surface area is 133 Å². The first-order valence-electron chi connectivity index (χ1n) is 5.41. The molecule has 0 bridgehead atoms. The van der Waals surface area contributed by atoms with Crippen molar-refractivity contribution in [2.75, 3.05) is 0 Å². The highest BCUT2D eigenvalue weighted by molar-refractivity contribution is 9.10. The molecule has 1 N–H and O–H groups in total. The van der Waals surface area contributed by atoms with Crippen LogP contribution in [0.5, 0.6) is 0 Å². The number of nitrogens with zero attached hydrogens (tertiary/aromatic N) is 1. The number of hydrogen-bond donors (Lipinski definition) is 1. The molecule has 3 rings (SSSR count). The summed E-state index contributed by atoms with van der Waals surface area (Å²) in [5.74, 6) is 0. The van der Waals surface area contributed by atoms with Crippen LogP contribution in [0.25, 0.3) is 16.7 Å². The van der Waals surface area contributed by atoms with Gasteiger partial charge in [0.15, 0.2) is 4.77 Å². The summed E-state index contributed by atoms with van der Waals surface area (Å²) in [4.78, 5) is 3.16. The van der Waals surface area contributed by atoms with Crippen LogP contribution >= 0.6 is 51.3 Å². The molecular formula is C13H7BrCl2N2S. The van der Waals surface area contributed by atoms with Crippen LogP contribution < -0.4 is 0 Å². The van der Waals surface area contributed by atoms with E-state index in [1.165, 1.54) is 0 Å². The number of hydrogen-bond acceptors (Lipinski definition) is 1. The van der Waals surface area contributed by atoms with E-state index < -0.39 is 0 Å². The number of nitrogens with one attached hydrogen (secondary N) is 1. The molecule has 0 radical (unpaired) electrons. The quantitative estimate of drug-likeness (QED) is 0.538. The van der Waals surface area contributed by atoms with E-state index in [1.807, 2.05) is 34.9 Å². The Morgan fingerprint density at radius 2 is 1.74 bits per heavy atom. The lowest BCUT2D eigenvalue weighted by molar-refractivity contribution is 1.06. The monoisotopic (exact) mass is 372 g/mol. The lowest BCUT2D eigenvalue weighted by atomic mass is 10.3. The van der Waals surface area contributed by atoms with E-state index in [2.05, 4.69) is 20.9 Å². The topological polar surface area (TPSA) is 20.7 Å². The molecule has 0 fully saturated rings. The average Bonchev–Trinajstić information content (AvgIpc) is 2.63. The van der Waals surface area contributed by atoms with Crippen molar-refractivity contribution in [2.24, 2.45) is 0 Å². The van der Waals surface area contributed by atoms with E-state index in [4.69, 9.17) is 35.4 Å². The Kier molecular flexibility index (Phi) is 3.43. The molecule has 0 unspecified atom stereocenters. The first kappa shape index (κ1) is 13.2. The zero-order valence-electron chi connectivity index (χ0n) is 9.45. The summed E-state index contributed by atoms with van der Waals surface area (Å²) < 4.78 is 3.50. The molecular weight excluding hydrogens is 367 g/mol. The van der Waals surface area contributed by atoms with Gasteiger partial charge in [0.2, 0.25) is 0 Å². The van der Waals surface area contributed by atoms with Gasteiger partial charge < -0.3 is 4.98 Å². The van der Waals surface area contributed by atoms with Gasteiger partial charge in [0.25, 0.3) is 0 Å². The molecule has 0 amide bonds. The largest absolute Gasteiger partial charge is 0.330 e. The molecule has 0 saturated carbocycles. The third-order valence-corrected chi connectivity index (χ3v) is 3.97. The Hall–Kier alpha value is -0.810. The number of rotatable bonds is 1. The van der Waals surface area contributed by atoms with Crippen molar-refractivity contribution in [1.29, 1.82) is 0 Å². The molecule has 0 aliphatic carbocycles. The van der Waals surface area contributed by atoms with Gasteiger partial charge in [-0.2, -0.15) is 0 Å². The van der Waals surface area contributed by atoms with Crippen LogP contribution in [0.3, 0.4) is 0 Å². The van der Waals surface area contributed by atoms with Gasteiger partial charge in [-0.15, -0.1) is 0 Å². The lowest BCUT2D eigenvalue weighted by Crippen LogP contribution is -1.94. The van der Waals surface area contributed by atoms with Crippen molar-refractivity contribution in [2.45, 2.75) is 0 Å². The van der Waals surface area contributed by atoms with E-state index in [1.54, 1.807) is 6.07 Å². The van der Waals surface area contributed by atoms with E-state index in [9.17, 15) is 0 Å². The van der Waals surface area contributed by atoms with Gasteiger partial charge in [0, 0.05) is 14.5 Å². The Morgan fingerprint density at radius 3 is 2.42 bits per heavy atom. The number of imidazole rings is 1. The fraction of sp³-hybridized carbons (Fsp3) is 0. The Bertz CT molecular complexity index is 818. The summed E-state index contributed by atoms with van der Waals surface area (Å²) in [6, 6.07) is 11.3. The molecule has 19 heavy (non-hydrogen) atoms. The minimum Gasteiger partial charge on any atom is -0.330 e. The summed E-state index contributed by atoms with van der Waals surface area (Å²) >= 11 is 20.9. The van der Waals surface area contributed by atoms with Crippen molar-refractivity contribution in [3.05, 3.63) is 55.7 Å². The summed E-state index contributed by atoms with van der Waals surface area (Å²) in [5.41, 5.74) is 2.77. The number of aromatic amines is 1. The normalized spacial score (nSPS) is 11.1. The maximum absolute atomic E-state index is 6.05. The fourth-order valence-electron chi connectivity index (χ4n) is 2.00. The van der Waals surface area contributed by atoms with E-state index in [-0.39, 0.29) is 0 Å². The molecule has 0 spiro atoms. The summed E-state index contributed by atoms with van der Waals surface area (Å²) in [6.07, 6.45) is 0. The van der Waals surface area contributed by atoms with Crippen molar-refractivity contribution in [3.8, 4) is 5.69 Å². The van der Waals surface area contributed by atoms with Crippen molar-refractivity contribution in [3.63, 3.8) is 0 Å².